The molecule has 1 aromatic rings. The summed E-state index contributed by atoms with van der Waals surface area (Å²) >= 11 is 0. The molecule has 0 radical (unpaired) electrons. The lowest BCUT2D eigenvalue weighted by molar-refractivity contribution is 0.180. The van der Waals surface area contributed by atoms with E-state index >= 15 is 0 Å². The van der Waals surface area contributed by atoms with Gasteiger partial charge >= 0.3 is 6.03 Å². The highest BCUT2D eigenvalue weighted by Crippen LogP contribution is 2.34. The van der Waals surface area contributed by atoms with E-state index in [1.165, 1.54) is 76.2 Å². The Labute approximate surface area is 169 Å². The predicted molar refractivity (Wildman–Crippen MR) is 116 cm³/mol. The van der Waals surface area contributed by atoms with Crippen LogP contribution in [0.4, 0.5) is 10.5 Å². The lowest BCUT2D eigenvalue weighted by Crippen LogP contribution is -2.39. The lowest BCUT2D eigenvalue weighted by atomic mass is 9.82. The Morgan fingerprint density at radius 1 is 0.893 bits per heavy atom. The van der Waals surface area contributed by atoms with Gasteiger partial charge in [-0.15, -0.1) is 0 Å². The lowest BCUT2D eigenvalue weighted by Gasteiger charge is -2.29. The molecule has 2 saturated carbocycles. The zero-order chi connectivity index (χ0) is 19.3. The molecule has 0 aromatic heterocycles. The zero-order valence-corrected chi connectivity index (χ0v) is 17.4. The summed E-state index contributed by atoms with van der Waals surface area (Å²) in [6.45, 7) is 2.09. The summed E-state index contributed by atoms with van der Waals surface area (Å²) in [5, 5.41) is 10.2. The smallest absolute Gasteiger partial charge is 0.306 e. The van der Waals surface area contributed by atoms with E-state index in [9.17, 15) is 4.79 Å². The van der Waals surface area contributed by atoms with E-state index in [2.05, 4.69) is 30.4 Å². The molecular formula is C24H35N3O. The minimum absolute atomic E-state index is 0.0399. The van der Waals surface area contributed by atoms with Crippen molar-refractivity contribution >= 4 is 17.4 Å². The van der Waals surface area contributed by atoms with E-state index in [0.29, 0.717) is 5.92 Å². The predicted octanol–water partition coefficient (Wildman–Crippen LogP) is 6.63. The van der Waals surface area contributed by atoms with E-state index in [4.69, 9.17) is 5.10 Å². The molecule has 1 N–H and O–H groups in total. The van der Waals surface area contributed by atoms with E-state index in [1.54, 1.807) is 0 Å². The number of rotatable bonds is 2. The average molecular weight is 382 g/mol. The summed E-state index contributed by atoms with van der Waals surface area (Å²) in [7, 11) is 0. The van der Waals surface area contributed by atoms with Crippen molar-refractivity contribution in [2.24, 2.45) is 11.0 Å². The maximum absolute atomic E-state index is 13.2. The molecule has 0 saturated heterocycles. The molecular weight excluding hydrogens is 346 g/mol. The molecule has 28 heavy (non-hydrogen) atoms. The third kappa shape index (κ3) is 4.42. The monoisotopic (exact) mass is 381 g/mol. The van der Waals surface area contributed by atoms with Gasteiger partial charge in [-0.05, 0) is 44.2 Å². The van der Waals surface area contributed by atoms with Crippen LogP contribution in [-0.2, 0) is 0 Å². The van der Waals surface area contributed by atoms with Gasteiger partial charge in [0.1, 0.15) is 0 Å². The normalized spacial score (nSPS) is 23.0. The number of hydrogen-bond donors (Lipinski definition) is 1. The Hall–Kier alpha value is -1.84. The van der Waals surface area contributed by atoms with Crippen LogP contribution in [0.25, 0.3) is 0 Å². The van der Waals surface area contributed by atoms with Gasteiger partial charge in [0.15, 0.2) is 0 Å². The van der Waals surface area contributed by atoms with Crippen LogP contribution < -0.4 is 5.32 Å². The molecule has 3 aliphatic rings. The number of nitrogens with zero attached hydrogens (tertiary/aromatic N) is 2. The Balaban J connectivity index is 1.69. The van der Waals surface area contributed by atoms with Gasteiger partial charge in [-0.1, -0.05) is 69.9 Å². The molecule has 4 nitrogen and oxygen atoms in total. The molecule has 0 spiro atoms. The second-order valence-electron chi connectivity index (χ2n) is 9.00. The maximum atomic E-state index is 13.2. The minimum atomic E-state index is -0.0399. The minimum Gasteiger partial charge on any atom is -0.306 e. The van der Waals surface area contributed by atoms with Crippen molar-refractivity contribution in [3.8, 4) is 0 Å². The second-order valence-corrected chi connectivity index (χ2v) is 9.00. The van der Waals surface area contributed by atoms with E-state index < -0.39 is 0 Å². The standard InChI is InChI=1S/C24H35N3O/c1-18-15-16-21-22(17-18)25-24(28)27(20-13-9-4-2-3-5-10-14-20)26-23(21)19-11-7-6-8-12-19/h15-17,19-20H,2-14H2,1H3,(H,25,28). The summed E-state index contributed by atoms with van der Waals surface area (Å²) in [6.07, 6.45) is 16.0. The first-order chi connectivity index (χ1) is 13.7. The maximum Gasteiger partial charge on any atom is 0.342 e. The molecule has 0 unspecified atom stereocenters. The van der Waals surface area contributed by atoms with Gasteiger partial charge < -0.3 is 5.32 Å². The number of carbonyl (C=O) groups excluding carboxylic acids is 1. The summed E-state index contributed by atoms with van der Waals surface area (Å²) in [5.41, 5.74) is 4.40. The van der Waals surface area contributed by atoms with Crippen LogP contribution in [0.5, 0.6) is 0 Å². The van der Waals surface area contributed by atoms with E-state index in [0.717, 1.165) is 29.8 Å². The van der Waals surface area contributed by atoms with Gasteiger partial charge in [0.2, 0.25) is 0 Å². The molecule has 1 heterocycles. The van der Waals surface area contributed by atoms with Gasteiger partial charge in [-0.3, -0.25) is 0 Å². The Bertz CT molecular complexity index is 711. The summed E-state index contributed by atoms with van der Waals surface area (Å²) in [6, 6.07) is 6.62. The SMILES string of the molecule is Cc1ccc2c(c1)NC(=O)N(C1CCCCCCCC1)N=C2C1CCCCC1. The Kier molecular flexibility index (Phi) is 6.33. The van der Waals surface area contributed by atoms with Crippen LogP contribution in [0.15, 0.2) is 23.3 Å². The van der Waals surface area contributed by atoms with Crippen molar-refractivity contribution in [2.45, 2.75) is 96.4 Å². The molecule has 152 valence electrons. The van der Waals surface area contributed by atoms with Crippen LogP contribution in [0.2, 0.25) is 0 Å². The number of benzene rings is 1. The third-order valence-corrected chi connectivity index (χ3v) is 6.78. The van der Waals surface area contributed by atoms with Crippen LogP contribution in [0.3, 0.4) is 0 Å². The number of amides is 2. The molecule has 1 aromatic carbocycles. The largest absolute Gasteiger partial charge is 0.342 e. The summed E-state index contributed by atoms with van der Waals surface area (Å²) in [5.74, 6) is 0.474. The molecule has 4 heteroatoms. The summed E-state index contributed by atoms with van der Waals surface area (Å²) in [4.78, 5) is 13.2. The number of anilines is 1. The van der Waals surface area contributed by atoms with E-state index in [1.807, 2.05) is 5.01 Å². The number of hydrogen-bond acceptors (Lipinski definition) is 2. The fourth-order valence-electron chi connectivity index (χ4n) is 5.15. The number of aryl methyl sites for hydroxylation is 1. The molecule has 2 aliphatic carbocycles. The first-order valence-electron chi connectivity index (χ1n) is 11.5. The average Bonchev–Trinajstić information content (AvgIpc) is 2.77. The summed E-state index contributed by atoms with van der Waals surface area (Å²) < 4.78 is 0. The van der Waals surface area contributed by atoms with Crippen LogP contribution >= 0.6 is 0 Å². The molecule has 4 rings (SSSR count). The Morgan fingerprint density at radius 2 is 1.50 bits per heavy atom. The van der Waals surface area contributed by atoms with Gasteiger partial charge in [0, 0.05) is 11.5 Å². The second kappa shape index (κ2) is 9.11. The van der Waals surface area contributed by atoms with Crippen molar-refractivity contribution < 1.29 is 4.79 Å². The zero-order valence-electron chi connectivity index (χ0n) is 17.4. The van der Waals surface area contributed by atoms with Crippen LogP contribution in [0.1, 0.15) is 94.6 Å². The topological polar surface area (TPSA) is 44.7 Å². The molecule has 2 amide bonds. The van der Waals surface area contributed by atoms with Gasteiger partial charge in [0.05, 0.1) is 17.4 Å². The number of urea groups is 1. The van der Waals surface area contributed by atoms with Gasteiger partial charge in [-0.25, -0.2) is 9.80 Å². The van der Waals surface area contributed by atoms with Crippen molar-refractivity contribution in [3.05, 3.63) is 29.3 Å². The van der Waals surface area contributed by atoms with Gasteiger partial charge in [0.25, 0.3) is 0 Å². The molecule has 1 aliphatic heterocycles. The van der Waals surface area contributed by atoms with Crippen molar-refractivity contribution in [1.29, 1.82) is 0 Å². The highest BCUT2D eigenvalue weighted by atomic mass is 16.2. The number of hydrazone groups is 1. The number of fused-ring (bicyclic) bond motifs is 1. The fourth-order valence-corrected chi connectivity index (χ4v) is 5.15. The highest BCUT2D eigenvalue weighted by Gasteiger charge is 2.31. The number of carbonyl (C=O) groups is 1. The molecule has 0 atom stereocenters. The Morgan fingerprint density at radius 3 is 2.21 bits per heavy atom. The number of nitrogens with one attached hydrogen (secondary N) is 1. The third-order valence-electron chi connectivity index (χ3n) is 6.78. The first kappa shape index (κ1) is 19.5. The van der Waals surface area contributed by atoms with Crippen LogP contribution in [0, 0.1) is 12.8 Å². The highest BCUT2D eigenvalue weighted by molar-refractivity contribution is 6.11. The van der Waals surface area contributed by atoms with Crippen molar-refractivity contribution in [3.63, 3.8) is 0 Å². The first-order valence-corrected chi connectivity index (χ1v) is 11.5. The van der Waals surface area contributed by atoms with Crippen molar-refractivity contribution in [2.75, 3.05) is 5.32 Å². The quantitative estimate of drug-likeness (QED) is 0.614. The van der Waals surface area contributed by atoms with Crippen LogP contribution in [-0.4, -0.2) is 22.8 Å². The van der Waals surface area contributed by atoms with Crippen molar-refractivity contribution in [1.82, 2.24) is 5.01 Å². The fraction of sp³-hybridized carbons (Fsp3) is 0.667. The molecule has 0 bridgehead atoms. The van der Waals surface area contributed by atoms with Gasteiger partial charge in [-0.2, -0.15) is 5.10 Å². The van der Waals surface area contributed by atoms with E-state index in [-0.39, 0.29) is 12.1 Å². The molecule has 2 fully saturated rings.